The predicted octanol–water partition coefficient (Wildman–Crippen LogP) is 1.80. The van der Waals surface area contributed by atoms with Crippen LogP contribution < -0.4 is 10.7 Å². The summed E-state index contributed by atoms with van der Waals surface area (Å²) < 4.78 is 0. The largest absolute Gasteiger partial charge is 0.399 e. The first kappa shape index (κ1) is 11.5. The number of nitrogens with two attached hydrogens (primary N) is 1. The summed E-state index contributed by atoms with van der Waals surface area (Å²) in [6.45, 7) is 1.84. The average molecular weight is 226 g/mol. The Bertz CT molecular complexity index is 417. The monoisotopic (exact) mass is 225 g/mol. The number of carbonyl (C=O) groups excluding carboxylic acids is 1. The molecule has 0 saturated carbocycles. The first-order valence-corrected chi connectivity index (χ1v) is 4.39. The molecule has 2 rings (SSSR count). The van der Waals surface area contributed by atoms with Crippen LogP contribution in [0.3, 0.4) is 0 Å². The van der Waals surface area contributed by atoms with Crippen LogP contribution in [-0.2, 0) is 4.79 Å². The van der Waals surface area contributed by atoms with E-state index in [4.69, 9.17) is 5.73 Å². The Morgan fingerprint density at radius 2 is 2.20 bits per heavy atom. The summed E-state index contributed by atoms with van der Waals surface area (Å²) in [5, 5.41) is 5.52. The molecule has 1 aromatic rings. The van der Waals surface area contributed by atoms with E-state index < -0.39 is 0 Å². The Morgan fingerprint density at radius 3 is 2.73 bits per heavy atom. The zero-order valence-electron chi connectivity index (χ0n) is 8.30. The van der Waals surface area contributed by atoms with Gasteiger partial charge in [-0.1, -0.05) is 6.07 Å². The van der Waals surface area contributed by atoms with Gasteiger partial charge in [-0.2, -0.15) is 5.10 Å². The summed E-state index contributed by atoms with van der Waals surface area (Å²) >= 11 is 0. The van der Waals surface area contributed by atoms with Crippen molar-refractivity contribution in [2.75, 3.05) is 10.7 Å². The Hall–Kier alpha value is -1.55. The molecule has 15 heavy (non-hydrogen) atoms. The van der Waals surface area contributed by atoms with Gasteiger partial charge in [0, 0.05) is 11.4 Å². The molecule has 0 radical (unpaired) electrons. The zero-order valence-corrected chi connectivity index (χ0v) is 9.12. The van der Waals surface area contributed by atoms with Gasteiger partial charge in [-0.3, -0.25) is 4.79 Å². The van der Waals surface area contributed by atoms with Crippen molar-refractivity contribution in [1.82, 2.24) is 0 Å². The van der Waals surface area contributed by atoms with Gasteiger partial charge in [-0.25, -0.2) is 5.01 Å². The lowest BCUT2D eigenvalue weighted by Crippen LogP contribution is -2.19. The van der Waals surface area contributed by atoms with Gasteiger partial charge >= 0.3 is 0 Å². The highest BCUT2D eigenvalue weighted by atomic mass is 35.5. The van der Waals surface area contributed by atoms with Gasteiger partial charge in [-0.15, -0.1) is 12.4 Å². The Kier molecular flexibility index (Phi) is 3.31. The lowest BCUT2D eigenvalue weighted by atomic mass is 10.2. The third-order valence-corrected chi connectivity index (χ3v) is 2.03. The van der Waals surface area contributed by atoms with Crippen LogP contribution in [-0.4, -0.2) is 11.6 Å². The molecule has 1 aromatic carbocycles. The molecule has 0 fully saturated rings. The van der Waals surface area contributed by atoms with Gasteiger partial charge in [0.2, 0.25) is 0 Å². The second kappa shape index (κ2) is 4.31. The summed E-state index contributed by atoms with van der Waals surface area (Å²) in [4.78, 5) is 11.5. The van der Waals surface area contributed by atoms with Gasteiger partial charge in [0.15, 0.2) is 0 Å². The second-order valence-electron chi connectivity index (χ2n) is 3.31. The molecule has 5 heteroatoms. The maximum absolute atomic E-state index is 11.5. The van der Waals surface area contributed by atoms with Gasteiger partial charge in [0.05, 0.1) is 12.1 Å². The molecule has 4 nitrogen and oxygen atoms in total. The Morgan fingerprint density at radius 1 is 1.47 bits per heavy atom. The molecular weight excluding hydrogens is 214 g/mol. The predicted molar refractivity (Wildman–Crippen MR) is 63.3 cm³/mol. The first-order valence-electron chi connectivity index (χ1n) is 4.39. The molecule has 0 aliphatic carbocycles. The van der Waals surface area contributed by atoms with Crippen LogP contribution in [0, 0.1) is 0 Å². The number of halogens is 1. The number of nitrogen functional groups attached to an aromatic ring is 1. The van der Waals surface area contributed by atoms with Crippen LogP contribution in [0.1, 0.15) is 13.3 Å². The normalized spacial score (nSPS) is 14.9. The SMILES string of the molecule is CC1=NN(c2cccc(N)c2)C(=O)C1.Cl. The number of anilines is 2. The number of hydrazone groups is 1. The summed E-state index contributed by atoms with van der Waals surface area (Å²) in [6, 6.07) is 7.14. The molecule has 0 bridgehead atoms. The first-order chi connectivity index (χ1) is 6.66. The Labute approximate surface area is 94.2 Å². The van der Waals surface area contributed by atoms with Gasteiger partial charge in [-0.05, 0) is 25.1 Å². The number of carbonyl (C=O) groups is 1. The number of amides is 1. The number of hydrogen-bond acceptors (Lipinski definition) is 3. The number of nitrogens with zero attached hydrogens (tertiary/aromatic N) is 2. The fourth-order valence-corrected chi connectivity index (χ4v) is 1.41. The molecule has 2 N–H and O–H groups in total. The standard InChI is InChI=1S/C10H11N3O.ClH/c1-7-5-10(14)13(12-7)9-4-2-3-8(11)6-9;/h2-4,6H,5,11H2,1H3;1H. The molecule has 1 aliphatic heterocycles. The van der Waals surface area contributed by atoms with E-state index in [-0.39, 0.29) is 18.3 Å². The van der Waals surface area contributed by atoms with Gasteiger partial charge in [0.25, 0.3) is 5.91 Å². The highest BCUT2D eigenvalue weighted by molar-refractivity contribution is 6.12. The van der Waals surface area contributed by atoms with E-state index in [1.54, 1.807) is 18.2 Å². The van der Waals surface area contributed by atoms with Crippen molar-refractivity contribution < 1.29 is 4.79 Å². The van der Waals surface area contributed by atoms with Crippen molar-refractivity contribution >= 4 is 35.4 Å². The van der Waals surface area contributed by atoms with Crippen molar-refractivity contribution in [2.24, 2.45) is 5.10 Å². The van der Waals surface area contributed by atoms with Crippen LogP contribution in [0.4, 0.5) is 11.4 Å². The van der Waals surface area contributed by atoms with E-state index >= 15 is 0 Å². The van der Waals surface area contributed by atoms with Crippen LogP contribution >= 0.6 is 12.4 Å². The molecule has 1 amide bonds. The minimum Gasteiger partial charge on any atom is -0.399 e. The summed E-state index contributed by atoms with van der Waals surface area (Å²) in [5.41, 5.74) is 7.81. The van der Waals surface area contributed by atoms with E-state index in [1.165, 1.54) is 5.01 Å². The third-order valence-electron chi connectivity index (χ3n) is 2.03. The molecule has 0 aromatic heterocycles. The minimum atomic E-state index is -0.00639. The van der Waals surface area contributed by atoms with Crippen LogP contribution in [0.25, 0.3) is 0 Å². The fraction of sp³-hybridized carbons (Fsp3) is 0.200. The molecule has 0 unspecified atom stereocenters. The number of benzene rings is 1. The average Bonchev–Trinajstić information content (AvgIpc) is 2.45. The van der Waals surface area contributed by atoms with Crippen molar-refractivity contribution in [3.8, 4) is 0 Å². The van der Waals surface area contributed by atoms with E-state index in [0.29, 0.717) is 12.1 Å². The molecule has 1 heterocycles. The number of hydrogen-bond donors (Lipinski definition) is 1. The molecular formula is C10H12ClN3O. The van der Waals surface area contributed by atoms with E-state index in [0.717, 1.165) is 11.4 Å². The van der Waals surface area contributed by atoms with E-state index in [1.807, 2.05) is 13.0 Å². The highest BCUT2D eigenvalue weighted by Gasteiger charge is 2.22. The maximum atomic E-state index is 11.5. The summed E-state index contributed by atoms with van der Waals surface area (Å²) in [6.07, 6.45) is 0.398. The van der Waals surface area contributed by atoms with Crippen LogP contribution in [0.2, 0.25) is 0 Å². The van der Waals surface area contributed by atoms with Gasteiger partial charge in [0.1, 0.15) is 0 Å². The van der Waals surface area contributed by atoms with E-state index in [2.05, 4.69) is 5.10 Å². The topological polar surface area (TPSA) is 58.7 Å². The summed E-state index contributed by atoms with van der Waals surface area (Å²) in [7, 11) is 0. The van der Waals surface area contributed by atoms with Crippen molar-refractivity contribution in [1.29, 1.82) is 0 Å². The maximum Gasteiger partial charge on any atom is 0.253 e. The smallest absolute Gasteiger partial charge is 0.253 e. The lowest BCUT2D eigenvalue weighted by Gasteiger charge is -2.11. The molecule has 80 valence electrons. The number of rotatable bonds is 1. The van der Waals surface area contributed by atoms with Crippen molar-refractivity contribution in [2.45, 2.75) is 13.3 Å². The van der Waals surface area contributed by atoms with Gasteiger partial charge < -0.3 is 5.73 Å². The second-order valence-corrected chi connectivity index (χ2v) is 3.31. The molecule has 0 spiro atoms. The minimum absolute atomic E-state index is 0. The van der Waals surface area contributed by atoms with Crippen molar-refractivity contribution in [3.63, 3.8) is 0 Å². The summed E-state index contributed by atoms with van der Waals surface area (Å²) in [5.74, 6) is -0.00639. The van der Waals surface area contributed by atoms with Crippen LogP contribution in [0.15, 0.2) is 29.4 Å². The quantitative estimate of drug-likeness (QED) is 0.741. The fourth-order valence-electron chi connectivity index (χ4n) is 1.41. The molecule has 0 saturated heterocycles. The molecule has 0 atom stereocenters. The molecule has 1 aliphatic rings. The highest BCUT2D eigenvalue weighted by Crippen LogP contribution is 2.22. The zero-order chi connectivity index (χ0) is 10.1. The Balaban J connectivity index is 0.00000112. The third kappa shape index (κ3) is 2.27. The van der Waals surface area contributed by atoms with E-state index in [9.17, 15) is 4.79 Å². The van der Waals surface area contributed by atoms with Crippen LogP contribution in [0.5, 0.6) is 0 Å². The van der Waals surface area contributed by atoms with Crippen molar-refractivity contribution in [3.05, 3.63) is 24.3 Å². The lowest BCUT2D eigenvalue weighted by molar-refractivity contribution is -0.116.